The number of carbonyl (C=O) groups excluding carboxylic acids is 2. The number of urea groups is 1. The van der Waals surface area contributed by atoms with Crippen LogP contribution in [0.15, 0.2) is 42.5 Å². The molecule has 3 amide bonds. The lowest BCUT2D eigenvalue weighted by Gasteiger charge is -2.34. The zero-order valence-electron chi connectivity index (χ0n) is 15.2. The van der Waals surface area contributed by atoms with Crippen LogP contribution in [0.2, 0.25) is 0 Å². The fourth-order valence-electron chi connectivity index (χ4n) is 3.24. The van der Waals surface area contributed by atoms with Gasteiger partial charge < -0.3 is 9.80 Å². The van der Waals surface area contributed by atoms with E-state index in [1.807, 2.05) is 41.3 Å². The highest BCUT2D eigenvalue weighted by atomic mass is 16.2. The lowest BCUT2D eigenvalue weighted by Crippen LogP contribution is -2.52. The molecule has 1 aromatic heterocycles. The van der Waals surface area contributed by atoms with Crippen LogP contribution in [0.3, 0.4) is 0 Å². The van der Waals surface area contributed by atoms with Gasteiger partial charge in [-0.05, 0) is 30.5 Å². The first kappa shape index (κ1) is 17.5. The summed E-state index contributed by atoms with van der Waals surface area (Å²) in [4.78, 5) is 28.4. The van der Waals surface area contributed by atoms with Gasteiger partial charge in [0.15, 0.2) is 5.82 Å². The summed E-state index contributed by atoms with van der Waals surface area (Å²) in [5.74, 6) is 1.11. The molecular formula is C20H23N5O2. The Labute approximate surface area is 158 Å². The summed E-state index contributed by atoms with van der Waals surface area (Å²) < 4.78 is 0. The van der Waals surface area contributed by atoms with Gasteiger partial charge in [-0.2, -0.15) is 5.10 Å². The molecule has 27 heavy (non-hydrogen) atoms. The third-order valence-corrected chi connectivity index (χ3v) is 5.03. The minimum absolute atomic E-state index is 0.0998. The van der Waals surface area contributed by atoms with E-state index in [0.717, 1.165) is 11.3 Å². The first-order valence-corrected chi connectivity index (χ1v) is 9.40. The van der Waals surface area contributed by atoms with Gasteiger partial charge in [-0.3, -0.25) is 10.1 Å². The van der Waals surface area contributed by atoms with Crippen molar-refractivity contribution in [1.82, 2.24) is 20.0 Å². The zero-order chi connectivity index (χ0) is 18.6. The number of aromatic nitrogens is 2. The van der Waals surface area contributed by atoms with Crippen LogP contribution in [-0.2, 0) is 11.2 Å². The van der Waals surface area contributed by atoms with E-state index < -0.39 is 0 Å². The van der Waals surface area contributed by atoms with E-state index in [9.17, 15) is 9.59 Å². The molecule has 1 saturated heterocycles. The van der Waals surface area contributed by atoms with Crippen molar-refractivity contribution < 1.29 is 9.59 Å². The molecule has 140 valence electrons. The second kappa shape index (κ2) is 7.73. The number of hydrogen-bond acceptors (Lipinski definition) is 4. The normalized spacial score (nSPS) is 16.9. The van der Waals surface area contributed by atoms with Gasteiger partial charge >= 0.3 is 6.03 Å². The molecule has 0 unspecified atom stereocenters. The van der Waals surface area contributed by atoms with Crippen molar-refractivity contribution in [2.45, 2.75) is 25.2 Å². The van der Waals surface area contributed by atoms with Crippen molar-refractivity contribution in [3.63, 3.8) is 0 Å². The average molecular weight is 365 g/mol. The molecule has 1 aliphatic carbocycles. The molecule has 7 heteroatoms. The van der Waals surface area contributed by atoms with Crippen molar-refractivity contribution in [3.05, 3.63) is 53.7 Å². The van der Waals surface area contributed by atoms with Crippen LogP contribution in [0.25, 0.3) is 0 Å². The molecule has 2 heterocycles. The van der Waals surface area contributed by atoms with E-state index in [4.69, 9.17) is 0 Å². The monoisotopic (exact) mass is 365 g/mol. The van der Waals surface area contributed by atoms with Crippen LogP contribution in [-0.4, -0.2) is 58.1 Å². The summed E-state index contributed by atoms with van der Waals surface area (Å²) in [6.07, 6.45) is 2.75. The second-order valence-corrected chi connectivity index (χ2v) is 7.08. The fourth-order valence-corrected chi connectivity index (χ4v) is 3.24. The predicted octanol–water partition coefficient (Wildman–Crippen LogP) is 2.27. The maximum atomic E-state index is 12.4. The summed E-state index contributed by atoms with van der Waals surface area (Å²) in [5.41, 5.74) is 2.01. The van der Waals surface area contributed by atoms with Crippen LogP contribution >= 0.6 is 0 Å². The average Bonchev–Trinajstić information content (AvgIpc) is 3.55. The number of hydrogen-bond donors (Lipinski definition) is 1. The van der Waals surface area contributed by atoms with Crippen LogP contribution in [0, 0.1) is 0 Å². The lowest BCUT2D eigenvalue weighted by molar-refractivity contribution is -0.131. The summed E-state index contributed by atoms with van der Waals surface area (Å²) in [7, 11) is 0. The number of piperazine rings is 1. The van der Waals surface area contributed by atoms with E-state index >= 15 is 0 Å². The minimum Gasteiger partial charge on any atom is -0.339 e. The molecule has 1 aliphatic heterocycles. The molecule has 0 radical (unpaired) electrons. The lowest BCUT2D eigenvalue weighted by atomic mass is 10.1. The van der Waals surface area contributed by atoms with Crippen molar-refractivity contribution in [2.75, 3.05) is 31.5 Å². The molecule has 2 fully saturated rings. The molecule has 0 bridgehead atoms. The molecule has 1 N–H and O–H groups in total. The Balaban J connectivity index is 1.25. The highest BCUT2D eigenvalue weighted by Crippen LogP contribution is 2.38. The smallest absolute Gasteiger partial charge is 0.323 e. The Hall–Kier alpha value is -2.96. The maximum absolute atomic E-state index is 12.4. The largest absolute Gasteiger partial charge is 0.339 e. The molecule has 2 aliphatic rings. The molecule has 0 atom stereocenters. The number of carbonyl (C=O) groups is 2. The van der Waals surface area contributed by atoms with Gasteiger partial charge in [0.05, 0.1) is 12.1 Å². The fraction of sp³-hybridized carbons (Fsp3) is 0.400. The first-order chi connectivity index (χ1) is 13.2. The van der Waals surface area contributed by atoms with Gasteiger partial charge in [0.25, 0.3) is 0 Å². The van der Waals surface area contributed by atoms with Gasteiger partial charge in [-0.25, -0.2) is 4.79 Å². The van der Waals surface area contributed by atoms with Crippen LogP contribution < -0.4 is 5.32 Å². The number of benzene rings is 1. The van der Waals surface area contributed by atoms with Crippen molar-refractivity contribution >= 4 is 17.8 Å². The van der Waals surface area contributed by atoms with Gasteiger partial charge in [0.1, 0.15) is 0 Å². The van der Waals surface area contributed by atoms with Crippen LogP contribution in [0.5, 0.6) is 0 Å². The third-order valence-electron chi connectivity index (χ3n) is 5.03. The number of rotatable bonds is 4. The number of anilines is 1. The Morgan fingerprint density at radius 2 is 1.63 bits per heavy atom. The van der Waals surface area contributed by atoms with Gasteiger partial charge in [-0.1, -0.05) is 30.3 Å². The molecule has 1 saturated carbocycles. The van der Waals surface area contributed by atoms with Crippen LogP contribution in [0.4, 0.5) is 10.6 Å². The summed E-state index contributed by atoms with van der Waals surface area (Å²) >= 11 is 0. The molecular weight excluding hydrogens is 342 g/mol. The summed E-state index contributed by atoms with van der Waals surface area (Å²) in [6.45, 7) is 2.12. The maximum Gasteiger partial charge on any atom is 0.323 e. The topological polar surface area (TPSA) is 78.4 Å². The Bertz CT molecular complexity index is 797. The Morgan fingerprint density at radius 1 is 0.926 bits per heavy atom. The van der Waals surface area contributed by atoms with E-state index in [-0.39, 0.29) is 11.9 Å². The second-order valence-electron chi connectivity index (χ2n) is 7.08. The van der Waals surface area contributed by atoms with Gasteiger partial charge in [0.2, 0.25) is 5.91 Å². The predicted molar refractivity (Wildman–Crippen MR) is 101 cm³/mol. The van der Waals surface area contributed by atoms with Crippen LogP contribution in [0.1, 0.15) is 30.0 Å². The van der Waals surface area contributed by atoms with Crippen molar-refractivity contribution in [3.8, 4) is 0 Å². The quantitative estimate of drug-likeness (QED) is 0.902. The standard InChI is InChI=1S/C20H23N5O2/c26-19(14-15-4-2-1-3-5-15)24-10-12-25(13-11-24)20(27)21-18-9-8-17(22-23-18)16-6-7-16/h1-5,8-9,16H,6-7,10-14H2,(H,21,23,27). The summed E-state index contributed by atoms with van der Waals surface area (Å²) in [5, 5.41) is 11.1. The van der Waals surface area contributed by atoms with Crippen molar-refractivity contribution in [2.24, 2.45) is 0 Å². The van der Waals surface area contributed by atoms with Crippen molar-refractivity contribution in [1.29, 1.82) is 0 Å². The molecule has 2 aromatic rings. The van der Waals surface area contributed by atoms with E-state index in [0.29, 0.717) is 44.3 Å². The summed E-state index contributed by atoms with van der Waals surface area (Å²) in [6, 6.07) is 13.3. The Kier molecular flexibility index (Phi) is 5.00. The van der Waals surface area contributed by atoms with E-state index in [1.165, 1.54) is 12.8 Å². The number of nitrogens with zero attached hydrogens (tertiary/aromatic N) is 4. The highest BCUT2D eigenvalue weighted by molar-refractivity contribution is 5.88. The molecule has 4 rings (SSSR count). The highest BCUT2D eigenvalue weighted by Gasteiger charge is 2.26. The third kappa shape index (κ3) is 4.42. The minimum atomic E-state index is -0.196. The molecule has 0 spiro atoms. The molecule has 7 nitrogen and oxygen atoms in total. The molecule has 1 aromatic carbocycles. The van der Waals surface area contributed by atoms with E-state index in [2.05, 4.69) is 15.5 Å². The first-order valence-electron chi connectivity index (χ1n) is 9.40. The number of amides is 3. The van der Waals surface area contributed by atoms with Gasteiger partial charge in [-0.15, -0.1) is 5.10 Å². The SMILES string of the molecule is O=C(Cc1ccccc1)N1CCN(C(=O)Nc2ccc(C3CC3)nn2)CC1. The Morgan fingerprint density at radius 3 is 2.26 bits per heavy atom. The van der Waals surface area contributed by atoms with Gasteiger partial charge in [0, 0.05) is 32.1 Å². The number of nitrogens with one attached hydrogen (secondary N) is 1. The van der Waals surface area contributed by atoms with E-state index in [1.54, 1.807) is 11.0 Å². The zero-order valence-corrected chi connectivity index (χ0v) is 15.2.